The number of pyridine rings is 1. The van der Waals surface area contributed by atoms with E-state index < -0.39 is 0 Å². The second-order valence-corrected chi connectivity index (χ2v) is 9.18. The number of ether oxygens (including phenoxy) is 2. The molecule has 1 atom stereocenters. The molecule has 0 radical (unpaired) electrons. The lowest BCUT2D eigenvalue weighted by Crippen LogP contribution is -2.38. The number of hydrogen-bond acceptors (Lipinski definition) is 9. The average molecular weight is 470 g/mol. The zero-order chi connectivity index (χ0) is 22.8. The maximum Gasteiger partial charge on any atom is 0.257 e. The van der Waals surface area contributed by atoms with E-state index in [1.807, 2.05) is 17.0 Å². The molecule has 1 aromatic carbocycles. The van der Waals surface area contributed by atoms with E-state index >= 15 is 0 Å². The summed E-state index contributed by atoms with van der Waals surface area (Å²) in [4.78, 5) is 26.4. The number of hydrogen-bond donors (Lipinski definition) is 2. The highest BCUT2D eigenvalue weighted by Crippen LogP contribution is 2.39. The van der Waals surface area contributed by atoms with E-state index in [0.717, 1.165) is 48.4 Å². The Morgan fingerprint density at radius 3 is 2.88 bits per heavy atom. The Balaban J connectivity index is 1.40. The predicted molar refractivity (Wildman–Crippen MR) is 129 cm³/mol. The number of aliphatic hydroxyl groups excluding tert-OH is 1. The van der Waals surface area contributed by atoms with Crippen molar-refractivity contribution >= 4 is 44.1 Å². The van der Waals surface area contributed by atoms with Gasteiger partial charge in [-0.05, 0) is 37.1 Å². The minimum absolute atomic E-state index is 0.248. The van der Waals surface area contributed by atoms with Gasteiger partial charge < -0.3 is 24.4 Å². The first-order chi connectivity index (χ1) is 16.1. The number of anilines is 3. The smallest absolute Gasteiger partial charge is 0.257 e. The number of nitrogens with one attached hydrogen (secondary N) is 1. The summed E-state index contributed by atoms with van der Waals surface area (Å²) in [5.74, 6) is 1.12. The van der Waals surface area contributed by atoms with E-state index in [9.17, 15) is 9.90 Å². The van der Waals surface area contributed by atoms with Gasteiger partial charge in [-0.3, -0.25) is 10.1 Å². The molecule has 0 saturated carbocycles. The fourth-order valence-electron chi connectivity index (χ4n) is 4.31. The van der Waals surface area contributed by atoms with Crippen LogP contribution in [0, 0.1) is 0 Å². The fraction of sp³-hybridized carbons (Fsp3) is 0.435. The van der Waals surface area contributed by atoms with Crippen molar-refractivity contribution in [2.75, 3.05) is 61.6 Å². The molecule has 3 aromatic rings. The number of piperidine rings is 1. The third-order valence-corrected chi connectivity index (χ3v) is 7.00. The highest BCUT2D eigenvalue weighted by molar-refractivity contribution is 7.23. The molecular formula is C23H27N5O4S. The Hall–Kier alpha value is -2.95. The van der Waals surface area contributed by atoms with Crippen LogP contribution in [0.5, 0.6) is 5.75 Å². The van der Waals surface area contributed by atoms with E-state index in [1.54, 1.807) is 25.4 Å². The number of aromatic nitrogens is 2. The van der Waals surface area contributed by atoms with Crippen molar-refractivity contribution in [3.8, 4) is 5.75 Å². The Labute approximate surface area is 196 Å². The molecule has 10 heteroatoms. The Kier molecular flexibility index (Phi) is 6.30. The van der Waals surface area contributed by atoms with Gasteiger partial charge in [0.05, 0.1) is 36.8 Å². The molecule has 4 heterocycles. The third kappa shape index (κ3) is 4.59. The summed E-state index contributed by atoms with van der Waals surface area (Å²) in [5.41, 5.74) is 2.31. The van der Waals surface area contributed by atoms with Crippen molar-refractivity contribution in [3.63, 3.8) is 0 Å². The molecule has 2 aliphatic heterocycles. The summed E-state index contributed by atoms with van der Waals surface area (Å²) >= 11 is 1.44. The largest absolute Gasteiger partial charge is 0.494 e. The standard InChI is InChI=1S/C23H27N5O4S/c1-31-18-5-4-17(27-9-11-32-12-10-27)21-20(18)25-23(33-21)26-22(30)15-6-7-24-19(13-15)28-8-2-3-16(29)14-28/h4-7,13,16,29H,2-3,8-12,14H2,1H3,(H,25,26,30). The summed E-state index contributed by atoms with van der Waals surface area (Å²) in [6, 6.07) is 7.41. The number of amides is 1. The summed E-state index contributed by atoms with van der Waals surface area (Å²) in [7, 11) is 1.62. The van der Waals surface area contributed by atoms with Crippen molar-refractivity contribution in [2.45, 2.75) is 18.9 Å². The molecule has 1 amide bonds. The molecular weight excluding hydrogens is 442 g/mol. The van der Waals surface area contributed by atoms with Crippen molar-refractivity contribution in [1.82, 2.24) is 9.97 Å². The van der Waals surface area contributed by atoms with Crippen LogP contribution in [0.1, 0.15) is 23.2 Å². The molecule has 0 bridgehead atoms. The summed E-state index contributed by atoms with van der Waals surface area (Å²) in [5, 5.41) is 13.4. The molecule has 33 heavy (non-hydrogen) atoms. The molecule has 5 rings (SSSR count). The van der Waals surface area contributed by atoms with Gasteiger partial charge in [-0.1, -0.05) is 11.3 Å². The second kappa shape index (κ2) is 9.50. The van der Waals surface area contributed by atoms with Crippen LogP contribution in [0.15, 0.2) is 30.5 Å². The normalized spacial score (nSPS) is 19.0. The number of aliphatic hydroxyl groups is 1. The van der Waals surface area contributed by atoms with Gasteiger partial charge in [0, 0.05) is 37.9 Å². The molecule has 2 aromatic heterocycles. The summed E-state index contributed by atoms with van der Waals surface area (Å²) in [6.45, 7) is 4.35. The number of carbonyl (C=O) groups is 1. The maximum atomic E-state index is 13.0. The van der Waals surface area contributed by atoms with Crippen molar-refractivity contribution < 1.29 is 19.4 Å². The number of morpholine rings is 1. The summed E-state index contributed by atoms with van der Waals surface area (Å²) in [6.07, 6.45) is 2.96. The van der Waals surface area contributed by atoms with Crippen LogP contribution < -0.4 is 19.9 Å². The highest BCUT2D eigenvalue weighted by Gasteiger charge is 2.22. The van der Waals surface area contributed by atoms with Crippen LogP contribution in [0.4, 0.5) is 16.6 Å². The number of nitrogens with zero attached hydrogens (tertiary/aromatic N) is 4. The van der Waals surface area contributed by atoms with Crippen LogP contribution in [0.2, 0.25) is 0 Å². The van der Waals surface area contributed by atoms with E-state index in [2.05, 4.69) is 20.2 Å². The van der Waals surface area contributed by atoms with Crippen LogP contribution in [0.3, 0.4) is 0 Å². The number of fused-ring (bicyclic) bond motifs is 1. The molecule has 9 nitrogen and oxygen atoms in total. The molecule has 2 saturated heterocycles. The van der Waals surface area contributed by atoms with Gasteiger partial charge in [0.25, 0.3) is 5.91 Å². The SMILES string of the molecule is COc1ccc(N2CCOCC2)c2sc(NC(=O)c3ccnc(N4CCCC(O)C4)c3)nc12. The molecule has 174 valence electrons. The number of rotatable bonds is 5. The molecule has 2 N–H and O–H groups in total. The lowest BCUT2D eigenvalue weighted by molar-refractivity contribution is 0.102. The zero-order valence-corrected chi connectivity index (χ0v) is 19.3. The highest BCUT2D eigenvalue weighted by atomic mass is 32.1. The van der Waals surface area contributed by atoms with Gasteiger partial charge in [-0.15, -0.1) is 0 Å². The second-order valence-electron chi connectivity index (χ2n) is 8.18. The van der Waals surface area contributed by atoms with E-state index in [-0.39, 0.29) is 12.0 Å². The molecule has 0 aliphatic carbocycles. The first-order valence-electron chi connectivity index (χ1n) is 11.1. The molecule has 2 aliphatic rings. The monoisotopic (exact) mass is 469 g/mol. The molecule has 0 spiro atoms. The number of β-amino-alcohol motifs (C(OH)–C–C–N with tert-alkyl or cyclic N) is 1. The van der Waals surface area contributed by atoms with Crippen LogP contribution >= 0.6 is 11.3 Å². The van der Waals surface area contributed by atoms with Gasteiger partial charge in [-0.25, -0.2) is 9.97 Å². The van der Waals surface area contributed by atoms with E-state index in [1.165, 1.54) is 11.3 Å². The number of thiazole rings is 1. The molecule has 1 unspecified atom stereocenters. The topological polar surface area (TPSA) is 100 Å². The third-order valence-electron chi connectivity index (χ3n) is 6.01. The van der Waals surface area contributed by atoms with Crippen LogP contribution in [0.25, 0.3) is 10.2 Å². The summed E-state index contributed by atoms with van der Waals surface area (Å²) < 4.78 is 12.0. The Morgan fingerprint density at radius 2 is 2.09 bits per heavy atom. The number of carbonyl (C=O) groups excluding carboxylic acids is 1. The average Bonchev–Trinajstić information content (AvgIpc) is 3.27. The fourth-order valence-corrected chi connectivity index (χ4v) is 5.32. The quantitative estimate of drug-likeness (QED) is 0.589. The van der Waals surface area contributed by atoms with Crippen LogP contribution in [-0.2, 0) is 4.74 Å². The maximum absolute atomic E-state index is 13.0. The van der Waals surface area contributed by atoms with Gasteiger partial charge in [0.2, 0.25) is 0 Å². The first-order valence-corrected chi connectivity index (χ1v) is 11.9. The predicted octanol–water partition coefficient (Wildman–Crippen LogP) is 2.75. The van der Waals surface area contributed by atoms with Crippen LogP contribution in [-0.4, -0.2) is 73.6 Å². The minimum Gasteiger partial charge on any atom is -0.494 e. The minimum atomic E-state index is -0.364. The first kappa shape index (κ1) is 21.9. The Morgan fingerprint density at radius 1 is 1.24 bits per heavy atom. The van der Waals surface area contributed by atoms with Crippen molar-refractivity contribution in [1.29, 1.82) is 0 Å². The number of methoxy groups -OCH3 is 1. The number of benzene rings is 1. The lowest BCUT2D eigenvalue weighted by Gasteiger charge is -2.31. The van der Waals surface area contributed by atoms with Crippen molar-refractivity contribution in [3.05, 3.63) is 36.0 Å². The zero-order valence-electron chi connectivity index (χ0n) is 18.5. The Bertz CT molecular complexity index is 1150. The van der Waals surface area contributed by atoms with Crippen molar-refractivity contribution in [2.24, 2.45) is 0 Å². The van der Waals surface area contributed by atoms with E-state index in [4.69, 9.17) is 9.47 Å². The van der Waals surface area contributed by atoms with Gasteiger partial charge in [-0.2, -0.15) is 0 Å². The van der Waals surface area contributed by atoms with Gasteiger partial charge in [0.1, 0.15) is 17.1 Å². The lowest BCUT2D eigenvalue weighted by atomic mass is 10.1. The van der Waals surface area contributed by atoms with Gasteiger partial charge in [0.15, 0.2) is 5.13 Å². The van der Waals surface area contributed by atoms with E-state index in [0.29, 0.717) is 42.0 Å². The molecule has 2 fully saturated rings. The van der Waals surface area contributed by atoms with Gasteiger partial charge >= 0.3 is 0 Å².